The lowest BCUT2D eigenvalue weighted by Crippen LogP contribution is -2.31. The Bertz CT molecular complexity index is 655. The number of aromatic nitrogens is 3. The zero-order valence-electron chi connectivity index (χ0n) is 12.7. The number of pyridine rings is 1. The van der Waals surface area contributed by atoms with Gasteiger partial charge in [-0.1, -0.05) is 0 Å². The van der Waals surface area contributed by atoms with E-state index in [9.17, 15) is 4.79 Å². The lowest BCUT2D eigenvalue weighted by Gasteiger charge is -2.16. The van der Waals surface area contributed by atoms with Crippen LogP contribution in [0.5, 0.6) is 6.01 Å². The average Bonchev–Trinajstić information content (AvgIpc) is 2.95. The van der Waals surface area contributed by atoms with Crippen molar-refractivity contribution in [3.05, 3.63) is 47.5 Å². The molecule has 0 radical (unpaired) electrons. The predicted octanol–water partition coefficient (Wildman–Crippen LogP) is 1.78. The van der Waals surface area contributed by atoms with Crippen molar-refractivity contribution in [1.82, 2.24) is 19.9 Å². The Morgan fingerprint density at radius 2 is 2.09 bits per heavy atom. The number of likely N-dealkylation sites (tertiary alicyclic amines) is 1. The van der Waals surface area contributed by atoms with Crippen molar-refractivity contribution < 1.29 is 9.53 Å². The summed E-state index contributed by atoms with van der Waals surface area (Å²) in [6, 6.07) is 5.83. The van der Waals surface area contributed by atoms with Crippen LogP contribution in [-0.2, 0) is 0 Å². The van der Waals surface area contributed by atoms with Crippen LogP contribution in [0, 0.1) is 13.8 Å². The molecule has 0 spiro atoms. The van der Waals surface area contributed by atoms with Crippen molar-refractivity contribution in [3.8, 4) is 6.01 Å². The maximum Gasteiger partial charge on any atom is 0.317 e. The molecule has 6 heteroatoms. The van der Waals surface area contributed by atoms with Gasteiger partial charge in [0, 0.05) is 36.7 Å². The molecule has 3 heterocycles. The summed E-state index contributed by atoms with van der Waals surface area (Å²) in [4.78, 5) is 26.7. The van der Waals surface area contributed by atoms with Crippen molar-refractivity contribution in [2.45, 2.75) is 26.4 Å². The van der Waals surface area contributed by atoms with Gasteiger partial charge < -0.3 is 9.64 Å². The molecule has 0 aromatic carbocycles. The second-order valence-corrected chi connectivity index (χ2v) is 5.45. The Morgan fingerprint density at radius 1 is 1.32 bits per heavy atom. The van der Waals surface area contributed by atoms with E-state index in [1.165, 1.54) is 0 Å². The maximum atomic E-state index is 12.4. The fourth-order valence-electron chi connectivity index (χ4n) is 2.58. The molecule has 1 saturated heterocycles. The third kappa shape index (κ3) is 3.21. The number of aryl methyl sites for hydroxylation is 2. The van der Waals surface area contributed by atoms with Crippen LogP contribution in [0.4, 0.5) is 0 Å². The third-order valence-corrected chi connectivity index (χ3v) is 3.57. The van der Waals surface area contributed by atoms with E-state index < -0.39 is 0 Å². The molecule has 0 N–H and O–H groups in total. The Balaban J connectivity index is 1.64. The van der Waals surface area contributed by atoms with Crippen LogP contribution < -0.4 is 4.74 Å². The van der Waals surface area contributed by atoms with Gasteiger partial charge in [-0.3, -0.25) is 9.78 Å². The summed E-state index contributed by atoms with van der Waals surface area (Å²) in [5, 5.41) is 0. The van der Waals surface area contributed by atoms with E-state index in [4.69, 9.17) is 4.74 Å². The summed E-state index contributed by atoms with van der Waals surface area (Å²) in [5.41, 5.74) is 2.36. The molecular weight excluding hydrogens is 280 g/mol. The smallest absolute Gasteiger partial charge is 0.317 e. The fraction of sp³-hybridized carbons (Fsp3) is 0.375. The van der Waals surface area contributed by atoms with Gasteiger partial charge in [0.15, 0.2) is 0 Å². The minimum Gasteiger partial charge on any atom is -0.458 e. The lowest BCUT2D eigenvalue weighted by atomic mass is 10.2. The van der Waals surface area contributed by atoms with E-state index >= 15 is 0 Å². The standard InChI is InChI=1S/C16H18N4O2/c1-11-8-12(2)19-16(18-11)22-14-5-7-20(10-14)15(21)13-4-3-6-17-9-13/h3-4,6,8-9,14H,5,7,10H2,1-2H3/t14-/m1/s1. The topological polar surface area (TPSA) is 68.2 Å². The first kappa shape index (κ1) is 14.4. The molecule has 0 aliphatic carbocycles. The number of carbonyl (C=O) groups excluding carboxylic acids is 1. The van der Waals surface area contributed by atoms with E-state index in [0.717, 1.165) is 17.8 Å². The zero-order chi connectivity index (χ0) is 15.5. The number of hydrogen-bond acceptors (Lipinski definition) is 5. The molecule has 6 nitrogen and oxygen atoms in total. The van der Waals surface area contributed by atoms with Crippen molar-refractivity contribution in [1.29, 1.82) is 0 Å². The van der Waals surface area contributed by atoms with E-state index in [1.807, 2.05) is 19.9 Å². The molecule has 1 aliphatic heterocycles. The summed E-state index contributed by atoms with van der Waals surface area (Å²) in [6.45, 7) is 5.04. The normalized spacial score (nSPS) is 17.5. The number of ether oxygens (including phenoxy) is 1. The van der Waals surface area contributed by atoms with Gasteiger partial charge in [-0.2, -0.15) is 0 Å². The van der Waals surface area contributed by atoms with Crippen LogP contribution in [0.15, 0.2) is 30.6 Å². The lowest BCUT2D eigenvalue weighted by molar-refractivity contribution is 0.0769. The van der Waals surface area contributed by atoms with Crippen molar-refractivity contribution in [3.63, 3.8) is 0 Å². The number of nitrogens with zero attached hydrogens (tertiary/aromatic N) is 4. The van der Waals surface area contributed by atoms with Crippen LogP contribution >= 0.6 is 0 Å². The highest BCUT2D eigenvalue weighted by Crippen LogP contribution is 2.18. The predicted molar refractivity (Wildman–Crippen MR) is 80.7 cm³/mol. The Morgan fingerprint density at radius 3 is 2.77 bits per heavy atom. The van der Waals surface area contributed by atoms with Gasteiger partial charge in [-0.05, 0) is 32.0 Å². The first-order valence-corrected chi connectivity index (χ1v) is 7.30. The van der Waals surface area contributed by atoms with Gasteiger partial charge >= 0.3 is 6.01 Å². The van der Waals surface area contributed by atoms with Crippen LogP contribution in [0.25, 0.3) is 0 Å². The highest BCUT2D eigenvalue weighted by molar-refractivity contribution is 5.94. The SMILES string of the molecule is Cc1cc(C)nc(O[C@@H]2CCN(C(=O)c3cccnc3)C2)n1. The number of carbonyl (C=O) groups is 1. The molecule has 114 valence electrons. The van der Waals surface area contributed by atoms with Gasteiger partial charge in [-0.15, -0.1) is 0 Å². The fourth-order valence-corrected chi connectivity index (χ4v) is 2.58. The molecule has 0 bridgehead atoms. The molecule has 0 unspecified atom stereocenters. The minimum absolute atomic E-state index is 0.0134. The molecule has 0 saturated carbocycles. The van der Waals surface area contributed by atoms with Crippen LogP contribution in [0.2, 0.25) is 0 Å². The summed E-state index contributed by atoms with van der Waals surface area (Å²) in [7, 11) is 0. The van der Waals surface area contributed by atoms with Gasteiger partial charge in [0.05, 0.1) is 12.1 Å². The van der Waals surface area contributed by atoms with E-state index in [0.29, 0.717) is 24.7 Å². The average molecular weight is 298 g/mol. The zero-order valence-corrected chi connectivity index (χ0v) is 12.7. The Hall–Kier alpha value is -2.50. The van der Waals surface area contributed by atoms with Gasteiger partial charge in [-0.25, -0.2) is 9.97 Å². The summed E-state index contributed by atoms with van der Waals surface area (Å²) >= 11 is 0. The molecular formula is C16H18N4O2. The van der Waals surface area contributed by atoms with Gasteiger partial charge in [0.2, 0.25) is 0 Å². The number of rotatable bonds is 3. The Labute approximate surface area is 129 Å². The van der Waals surface area contributed by atoms with Crippen molar-refractivity contribution in [2.75, 3.05) is 13.1 Å². The molecule has 1 fully saturated rings. The first-order chi connectivity index (χ1) is 10.6. The quantitative estimate of drug-likeness (QED) is 0.864. The second-order valence-electron chi connectivity index (χ2n) is 5.45. The molecule has 22 heavy (non-hydrogen) atoms. The summed E-state index contributed by atoms with van der Waals surface area (Å²) in [6.07, 6.45) is 3.96. The third-order valence-electron chi connectivity index (χ3n) is 3.57. The second kappa shape index (κ2) is 6.09. The molecule has 2 aromatic rings. The maximum absolute atomic E-state index is 12.4. The van der Waals surface area contributed by atoms with E-state index in [1.54, 1.807) is 29.4 Å². The molecule has 1 atom stereocenters. The number of amides is 1. The monoisotopic (exact) mass is 298 g/mol. The summed E-state index contributed by atoms with van der Waals surface area (Å²) in [5.74, 6) is -0.0134. The summed E-state index contributed by atoms with van der Waals surface area (Å²) < 4.78 is 5.82. The van der Waals surface area contributed by atoms with E-state index in [-0.39, 0.29) is 12.0 Å². The van der Waals surface area contributed by atoms with Crippen LogP contribution in [0.1, 0.15) is 28.2 Å². The number of hydrogen-bond donors (Lipinski definition) is 0. The molecule has 1 aliphatic rings. The van der Waals surface area contributed by atoms with Crippen molar-refractivity contribution >= 4 is 5.91 Å². The molecule has 2 aromatic heterocycles. The van der Waals surface area contributed by atoms with Gasteiger partial charge in [0.25, 0.3) is 5.91 Å². The Kier molecular flexibility index (Phi) is 4.00. The molecule has 1 amide bonds. The first-order valence-electron chi connectivity index (χ1n) is 7.30. The highest BCUT2D eigenvalue weighted by atomic mass is 16.5. The minimum atomic E-state index is -0.0678. The largest absolute Gasteiger partial charge is 0.458 e. The van der Waals surface area contributed by atoms with Crippen LogP contribution in [-0.4, -0.2) is 45.0 Å². The van der Waals surface area contributed by atoms with Gasteiger partial charge in [0.1, 0.15) is 6.10 Å². The van der Waals surface area contributed by atoms with Crippen molar-refractivity contribution in [2.24, 2.45) is 0 Å². The highest BCUT2D eigenvalue weighted by Gasteiger charge is 2.29. The van der Waals surface area contributed by atoms with Crippen LogP contribution in [0.3, 0.4) is 0 Å². The molecule has 3 rings (SSSR count). The van der Waals surface area contributed by atoms with E-state index in [2.05, 4.69) is 15.0 Å².